The molecule has 4 aliphatic rings. The van der Waals surface area contributed by atoms with Gasteiger partial charge >= 0.3 is 40.2 Å². The van der Waals surface area contributed by atoms with Crippen molar-refractivity contribution in [3.05, 3.63) is 101 Å². The summed E-state index contributed by atoms with van der Waals surface area (Å²) in [6.45, 7) is 0. The standard InChI is InChI=1S/C10H6N10O20/c21-11(22)6(12(23)24)2-1-3-8(15(29)30,16(31)32)4(6)10(19(37)38,20(39)40)5(7(2,13(25)26)14(27)28)9(3,17(33)34)18(35)36/h2-5H,1H2. The third-order valence-electron chi connectivity index (χ3n) is 8.00. The van der Waals surface area contributed by atoms with Gasteiger partial charge < -0.3 is 0 Å². The van der Waals surface area contributed by atoms with Gasteiger partial charge in [0.1, 0.15) is 49.2 Å². The lowest BCUT2D eigenvalue weighted by Gasteiger charge is -2.53. The van der Waals surface area contributed by atoms with Gasteiger partial charge in [-0.25, -0.2) is 0 Å². The predicted octanol–water partition coefficient (Wildman–Crippen LogP) is -2.87. The Morgan fingerprint density at radius 2 is 0.475 bits per heavy atom. The Kier molecular flexibility index (Phi) is 5.38. The van der Waals surface area contributed by atoms with Gasteiger partial charge in [-0.15, -0.1) is 0 Å². The number of nitrogens with zero attached hydrogens (tertiary/aromatic N) is 10. The van der Waals surface area contributed by atoms with E-state index in [1.165, 1.54) is 0 Å². The lowest BCUT2D eigenvalue weighted by atomic mass is 9.36. The van der Waals surface area contributed by atoms with E-state index in [0.29, 0.717) is 0 Å². The van der Waals surface area contributed by atoms with Crippen LogP contribution in [0, 0.1) is 125 Å². The molecule has 30 heteroatoms. The molecule has 4 saturated carbocycles. The molecule has 0 N–H and O–H groups in total. The summed E-state index contributed by atoms with van der Waals surface area (Å²) in [6, 6.07) is 0. The molecule has 30 nitrogen and oxygen atoms in total. The van der Waals surface area contributed by atoms with Crippen molar-refractivity contribution in [2.24, 2.45) is 23.7 Å². The van der Waals surface area contributed by atoms with Crippen molar-refractivity contribution >= 4 is 0 Å². The lowest BCUT2D eigenvalue weighted by molar-refractivity contribution is -1.01. The van der Waals surface area contributed by atoms with E-state index in [0.717, 1.165) is 0 Å². The normalized spacial score (nSPS) is 28.9. The van der Waals surface area contributed by atoms with E-state index in [2.05, 4.69) is 0 Å². The van der Waals surface area contributed by atoms with Crippen LogP contribution in [0.15, 0.2) is 0 Å². The molecule has 0 aliphatic heterocycles. The Bertz CT molecular complexity index is 1150. The molecular weight excluding hydrogens is 580 g/mol. The van der Waals surface area contributed by atoms with E-state index < -0.39 is 108 Å². The molecule has 4 aliphatic carbocycles. The van der Waals surface area contributed by atoms with Crippen LogP contribution in [0.2, 0.25) is 0 Å². The molecule has 0 aromatic carbocycles. The van der Waals surface area contributed by atoms with Gasteiger partial charge in [0, 0.05) is 6.42 Å². The number of hydrogen-bond acceptors (Lipinski definition) is 20. The minimum atomic E-state index is -5.80. The summed E-state index contributed by atoms with van der Waals surface area (Å²) in [5.74, 6) is -17.0. The van der Waals surface area contributed by atoms with Gasteiger partial charge in [0.15, 0.2) is 0 Å². The molecule has 4 rings (SSSR count). The van der Waals surface area contributed by atoms with E-state index >= 15 is 0 Å². The molecular formula is C10H6N10O20. The van der Waals surface area contributed by atoms with Crippen molar-refractivity contribution < 1.29 is 49.2 Å². The molecule has 0 atom stereocenters. The topological polar surface area (TPSA) is 431 Å². The fourth-order valence-electron chi connectivity index (χ4n) is 7.02. The molecule has 4 fully saturated rings. The molecule has 0 radical (unpaired) electrons. The maximum atomic E-state index is 12.4. The largest absolute Gasteiger partial charge is 0.522 e. The zero-order valence-corrected chi connectivity index (χ0v) is 18.2. The van der Waals surface area contributed by atoms with Crippen molar-refractivity contribution in [1.29, 1.82) is 0 Å². The van der Waals surface area contributed by atoms with Crippen molar-refractivity contribution in [3.63, 3.8) is 0 Å². The van der Waals surface area contributed by atoms with Crippen LogP contribution in [0.5, 0.6) is 0 Å². The molecule has 40 heavy (non-hydrogen) atoms. The number of rotatable bonds is 10. The molecule has 0 unspecified atom stereocenters. The Labute approximate surface area is 210 Å². The quantitative estimate of drug-likeness (QED) is 0.141. The van der Waals surface area contributed by atoms with Crippen molar-refractivity contribution in [2.45, 2.75) is 34.7 Å². The Morgan fingerprint density at radius 3 is 0.600 bits per heavy atom. The lowest BCUT2D eigenvalue weighted by Crippen LogP contribution is -3.00. The minimum absolute atomic E-state index is 2.52. The first-order chi connectivity index (χ1) is 18.1. The summed E-state index contributed by atoms with van der Waals surface area (Å²) in [5, 5.41) is 123. The highest BCUT2D eigenvalue weighted by Gasteiger charge is 3.23. The highest BCUT2D eigenvalue weighted by molar-refractivity contribution is 5.27. The second-order valence-corrected chi connectivity index (χ2v) is 8.69. The SMILES string of the molecule is O=[N+]([O-])C1([N+](=O)[O-])C2CC3C([N+](=O)[O-])([N+](=O)[O-])C1C([N+](=O)[O-])([N+](=O)[O-])C(C2([N+](=O)[O-])[N+](=O)[O-])C3([N+](=O)[O-])[N+](=O)[O-]. The zero-order chi connectivity index (χ0) is 31.3. The number of hydrogen-bond donors (Lipinski definition) is 0. The van der Waals surface area contributed by atoms with Gasteiger partial charge in [-0.3, -0.25) is 101 Å². The van der Waals surface area contributed by atoms with Gasteiger partial charge in [0.2, 0.25) is 11.8 Å². The highest BCUT2D eigenvalue weighted by atomic mass is 16.7. The summed E-state index contributed by atoms with van der Waals surface area (Å²) in [4.78, 5) is 97.0. The second kappa shape index (κ2) is 7.53. The average Bonchev–Trinajstić information content (AvgIpc) is 2.77. The molecule has 0 spiro atoms. The third kappa shape index (κ3) is 2.21. The van der Waals surface area contributed by atoms with Crippen LogP contribution in [0.4, 0.5) is 0 Å². The summed E-state index contributed by atoms with van der Waals surface area (Å²) >= 11 is 0. The predicted molar refractivity (Wildman–Crippen MR) is 102 cm³/mol. The molecule has 4 bridgehead atoms. The van der Waals surface area contributed by atoms with Crippen LogP contribution in [0.25, 0.3) is 0 Å². The minimum Gasteiger partial charge on any atom is -0.258 e. The first-order valence-corrected chi connectivity index (χ1v) is 9.59. The van der Waals surface area contributed by atoms with E-state index in [1.807, 2.05) is 0 Å². The van der Waals surface area contributed by atoms with Gasteiger partial charge in [0.25, 0.3) is 0 Å². The Balaban J connectivity index is 3.01. The van der Waals surface area contributed by atoms with Crippen molar-refractivity contribution in [2.75, 3.05) is 0 Å². The van der Waals surface area contributed by atoms with Gasteiger partial charge in [0.05, 0.1) is 0 Å². The Morgan fingerprint density at radius 1 is 0.325 bits per heavy atom. The van der Waals surface area contributed by atoms with E-state index in [4.69, 9.17) is 0 Å². The van der Waals surface area contributed by atoms with Crippen LogP contribution in [0.3, 0.4) is 0 Å². The first kappa shape index (κ1) is 28.6. The number of nitro groups is 10. The monoisotopic (exact) mass is 586 g/mol. The van der Waals surface area contributed by atoms with Crippen LogP contribution in [-0.2, 0) is 0 Å². The molecule has 0 saturated heterocycles. The molecule has 0 aromatic rings. The van der Waals surface area contributed by atoms with Crippen LogP contribution in [0.1, 0.15) is 6.42 Å². The maximum absolute atomic E-state index is 12.4. The summed E-state index contributed by atoms with van der Waals surface area (Å²) in [6.07, 6.45) is -2.52. The summed E-state index contributed by atoms with van der Waals surface area (Å²) in [7, 11) is 0. The Hall–Kier alpha value is -6.00. The van der Waals surface area contributed by atoms with Crippen LogP contribution in [-0.4, -0.2) is 77.5 Å². The smallest absolute Gasteiger partial charge is 0.258 e. The van der Waals surface area contributed by atoms with E-state index in [9.17, 15) is 101 Å². The molecule has 0 aromatic heterocycles. The molecule has 0 heterocycles. The first-order valence-electron chi connectivity index (χ1n) is 9.59. The van der Waals surface area contributed by atoms with Gasteiger partial charge in [-0.05, 0) is 0 Å². The maximum Gasteiger partial charge on any atom is 0.522 e. The highest BCUT2D eigenvalue weighted by Crippen LogP contribution is 2.75. The van der Waals surface area contributed by atoms with Crippen LogP contribution < -0.4 is 0 Å². The molecule has 216 valence electrons. The third-order valence-corrected chi connectivity index (χ3v) is 8.00. The van der Waals surface area contributed by atoms with Gasteiger partial charge in [-0.2, -0.15) is 0 Å². The fraction of sp³-hybridized carbons (Fsp3) is 1.00. The average molecular weight is 586 g/mol. The second-order valence-electron chi connectivity index (χ2n) is 8.69. The van der Waals surface area contributed by atoms with Gasteiger partial charge in [-0.1, -0.05) is 0 Å². The zero-order valence-electron chi connectivity index (χ0n) is 18.2. The van der Waals surface area contributed by atoms with Crippen LogP contribution >= 0.6 is 0 Å². The van der Waals surface area contributed by atoms with Crippen molar-refractivity contribution in [1.82, 2.24) is 0 Å². The fourth-order valence-corrected chi connectivity index (χ4v) is 7.02. The summed E-state index contributed by atoms with van der Waals surface area (Å²) < 4.78 is 0. The van der Waals surface area contributed by atoms with E-state index in [1.54, 1.807) is 0 Å². The van der Waals surface area contributed by atoms with Crippen molar-refractivity contribution in [3.8, 4) is 0 Å². The summed E-state index contributed by atoms with van der Waals surface area (Å²) in [5.41, 5.74) is -27.0. The molecule has 0 amide bonds. The van der Waals surface area contributed by atoms with E-state index in [-0.39, 0.29) is 0 Å².